The number of nitrogens with zero attached hydrogens (tertiary/aromatic N) is 1. The maximum Gasteiger partial charge on any atom is 0.329 e. The van der Waals surface area contributed by atoms with Crippen molar-refractivity contribution in [1.82, 2.24) is 5.43 Å². The molecule has 2 amide bonds. The number of carbonyl (C=O) groups is 2. The van der Waals surface area contributed by atoms with Crippen LogP contribution in [0.2, 0.25) is 5.02 Å². The molecule has 3 aromatic carbocycles. The second kappa shape index (κ2) is 7.76. The molecule has 0 atom stereocenters. The van der Waals surface area contributed by atoms with Crippen molar-refractivity contribution in [3.05, 3.63) is 77.1 Å². The zero-order valence-corrected chi connectivity index (χ0v) is 14.1. The minimum atomic E-state index is -0.985. The fourth-order valence-electron chi connectivity index (χ4n) is 2.35. The van der Waals surface area contributed by atoms with Gasteiger partial charge in [0, 0.05) is 16.6 Å². The monoisotopic (exact) mass is 369 g/mol. The van der Waals surface area contributed by atoms with Crippen LogP contribution in [0.15, 0.2) is 65.8 Å². The van der Waals surface area contributed by atoms with Gasteiger partial charge in [0.15, 0.2) is 0 Å². The second-order valence-electron chi connectivity index (χ2n) is 5.32. The third-order valence-corrected chi connectivity index (χ3v) is 3.93. The van der Waals surface area contributed by atoms with Crippen LogP contribution in [0.4, 0.5) is 10.1 Å². The number of anilines is 1. The van der Waals surface area contributed by atoms with Gasteiger partial charge in [-0.1, -0.05) is 54.1 Å². The van der Waals surface area contributed by atoms with Gasteiger partial charge in [-0.2, -0.15) is 5.10 Å². The Morgan fingerprint density at radius 1 is 0.962 bits per heavy atom. The van der Waals surface area contributed by atoms with Crippen LogP contribution >= 0.6 is 11.6 Å². The van der Waals surface area contributed by atoms with Crippen molar-refractivity contribution in [2.45, 2.75) is 0 Å². The summed E-state index contributed by atoms with van der Waals surface area (Å²) in [5.74, 6) is -2.46. The molecule has 0 heterocycles. The number of halogens is 2. The van der Waals surface area contributed by atoms with Crippen LogP contribution in [0.1, 0.15) is 5.56 Å². The van der Waals surface area contributed by atoms with Crippen LogP contribution in [-0.4, -0.2) is 18.0 Å². The van der Waals surface area contributed by atoms with Crippen LogP contribution in [0.3, 0.4) is 0 Å². The van der Waals surface area contributed by atoms with Gasteiger partial charge in [0.05, 0.1) is 11.2 Å². The summed E-state index contributed by atoms with van der Waals surface area (Å²) in [6.07, 6.45) is 1.04. The normalized spacial score (nSPS) is 10.8. The number of hydrogen-bond donors (Lipinski definition) is 2. The number of carbonyl (C=O) groups excluding carboxylic acids is 2. The number of benzene rings is 3. The quantitative estimate of drug-likeness (QED) is 0.419. The van der Waals surface area contributed by atoms with E-state index in [1.807, 2.05) is 35.8 Å². The number of rotatable bonds is 3. The number of nitrogens with one attached hydrogen (secondary N) is 2. The highest BCUT2D eigenvalue weighted by Crippen LogP contribution is 2.22. The maximum atomic E-state index is 13.6. The van der Waals surface area contributed by atoms with E-state index in [9.17, 15) is 14.0 Å². The lowest BCUT2D eigenvalue weighted by molar-refractivity contribution is -0.136. The third-order valence-electron chi connectivity index (χ3n) is 3.60. The molecule has 0 saturated heterocycles. The molecular formula is C19H13ClFN3O2. The highest BCUT2D eigenvalue weighted by Gasteiger charge is 2.14. The first kappa shape index (κ1) is 17.6. The Labute approximate surface area is 153 Å². The summed E-state index contributed by atoms with van der Waals surface area (Å²) >= 11 is 5.85. The Bertz CT molecular complexity index is 995. The van der Waals surface area contributed by atoms with Crippen LogP contribution < -0.4 is 10.7 Å². The molecule has 7 heteroatoms. The number of hydrogen-bond acceptors (Lipinski definition) is 3. The Morgan fingerprint density at radius 3 is 2.50 bits per heavy atom. The highest BCUT2D eigenvalue weighted by atomic mass is 35.5. The predicted molar refractivity (Wildman–Crippen MR) is 99.7 cm³/mol. The van der Waals surface area contributed by atoms with Gasteiger partial charge in [-0.25, -0.2) is 9.82 Å². The molecule has 0 saturated carbocycles. The lowest BCUT2D eigenvalue weighted by Crippen LogP contribution is -2.32. The fourth-order valence-corrected chi connectivity index (χ4v) is 2.57. The van der Waals surface area contributed by atoms with E-state index in [1.54, 1.807) is 12.1 Å². The molecule has 26 heavy (non-hydrogen) atoms. The minimum Gasteiger partial charge on any atom is -0.317 e. The van der Waals surface area contributed by atoms with Gasteiger partial charge in [0.1, 0.15) is 5.82 Å². The first-order chi connectivity index (χ1) is 12.6. The lowest BCUT2D eigenvalue weighted by atomic mass is 10.1. The molecule has 0 aliphatic heterocycles. The summed E-state index contributed by atoms with van der Waals surface area (Å²) < 4.78 is 13.6. The Balaban J connectivity index is 1.68. The van der Waals surface area contributed by atoms with Gasteiger partial charge in [-0.05, 0) is 23.6 Å². The van der Waals surface area contributed by atoms with E-state index in [1.165, 1.54) is 18.2 Å². The van der Waals surface area contributed by atoms with Crippen molar-refractivity contribution in [1.29, 1.82) is 0 Å². The predicted octanol–water partition coefficient (Wildman–Crippen LogP) is 3.72. The summed E-state index contributed by atoms with van der Waals surface area (Å²) in [4.78, 5) is 23.9. The number of fused-ring (bicyclic) bond motifs is 1. The van der Waals surface area contributed by atoms with Crippen molar-refractivity contribution in [2.75, 3.05) is 5.32 Å². The van der Waals surface area contributed by atoms with Gasteiger partial charge in [0.25, 0.3) is 0 Å². The van der Waals surface area contributed by atoms with Crippen molar-refractivity contribution >= 4 is 46.1 Å². The molecule has 3 rings (SSSR count). The molecule has 0 aromatic heterocycles. The summed E-state index contributed by atoms with van der Waals surface area (Å²) in [6.45, 7) is 0. The van der Waals surface area contributed by atoms with Gasteiger partial charge in [-0.3, -0.25) is 9.59 Å². The standard InChI is InChI=1S/C19H13ClFN3O2/c20-15-8-4-9-16(21)14(15)11-22-24-19(26)18(25)23-17-10-3-6-12-5-1-2-7-13(12)17/h1-11H,(H,23,25)(H,24,26)/b22-11+. The maximum absolute atomic E-state index is 13.6. The molecule has 0 radical (unpaired) electrons. The topological polar surface area (TPSA) is 70.6 Å². The van der Waals surface area contributed by atoms with E-state index < -0.39 is 17.6 Å². The van der Waals surface area contributed by atoms with Crippen LogP contribution in [0, 0.1) is 5.82 Å². The molecule has 0 bridgehead atoms. The fraction of sp³-hybridized carbons (Fsp3) is 0. The van der Waals surface area contributed by atoms with E-state index in [2.05, 4.69) is 10.4 Å². The van der Waals surface area contributed by atoms with Crippen molar-refractivity contribution in [2.24, 2.45) is 5.10 Å². The summed E-state index contributed by atoms with van der Waals surface area (Å²) in [5, 5.41) is 7.98. The van der Waals surface area contributed by atoms with Crippen LogP contribution in [0.5, 0.6) is 0 Å². The molecule has 2 N–H and O–H groups in total. The molecule has 130 valence electrons. The van der Waals surface area contributed by atoms with Gasteiger partial charge >= 0.3 is 11.8 Å². The largest absolute Gasteiger partial charge is 0.329 e. The van der Waals surface area contributed by atoms with E-state index >= 15 is 0 Å². The van der Waals surface area contributed by atoms with E-state index in [-0.39, 0.29) is 10.6 Å². The van der Waals surface area contributed by atoms with Gasteiger partial charge in [0.2, 0.25) is 0 Å². The average Bonchev–Trinajstić information content (AvgIpc) is 2.64. The first-order valence-corrected chi connectivity index (χ1v) is 8.00. The second-order valence-corrected chi connectivity index (χ2v) is 5.72. The molecule has 5 nitrogen and oxygen atoms in total. The molecule has 0 unspecified atom stereocenters. The van der Waals surface area contributed by atoms with E-state index in [0.29, 0.717) is 5.69 Å². The Hall–Kier alpha value is -3.25. The molecule has 0 fully saturated rings. The molecule has 0 aliphatic carbocycles. The zero-order valence-electron chi connectivity index (χ0n) is 13.4. The van der Waals surface area contributed by atoms with E-state index in [4.69, 9.17) is 11.6 Å². The molecule has 0 aliphatic rings. The first-order valence-electron chi connectivity index (χ1n) is 7.62. The van der Waals surface area contributed by atoms with Gasteiger partial charge < -0.3 is 5.32 Å². The average molecular weight is 370 g/mol. The lowest BCUT2D eigenvalue weighted by Gasteiger charge is -2.07. The number of hydrazone groups is 1. The SMILES string of the molecule is O=C(N/N=C/c1c(F)cccc1Cl)C(=O)Nc1cccc2ccccc12. The minimum absolute atomic E-state index is 0.0175. The number of amides is 2. The molecule has 3 aromatic rings. The van der Waals surface area contributed by atoms with Crippen molar-refractivity contribution in [3.63, 3.8) is 0 Å². The van der Waals surface area contributed by atoms with Crippen molar-refractivity contribution < 1.29 is 14.0 Å². The van der Waals surface area contributed by atoms with Crippen LogP contribution in [0.25, 0.3) is 10.8 Å². The third kappa shape index (κ3) is 3.87. The van der Waals surface area contributed by atoms with Gasteiger partial charge in [-0.15, -0.1) is 0 Å². The summed E-state index contributed by atoms with van der Waals surface area (Å²) in [6, 6.07) is 16.9. The zero-order chi connectivity index (χ0) is 18.5. The Kier molecular flexibility index (Phi) is 5.24. The Morgan fingerprint density at radius 2 is 1.69 bits per heavy atom. The van der Waals surface area contributed by atoms with Crippen LogP contribution in [-0.2, 0) is 9.59 Å². The smallest absolute Gasteiger partial charge is 0.317 e. The summed E-state index contributed by atoms with van der Waals surface area (Å²) in [7, 11) is 0. The van der Waals surface area contributed by atoms with E-state index in [0.717, 1.165) is 17.0 Å². The molecular weight excluding hydrogens is 357 g/mol. The van der Waals surface area contributed by atoms with Crippen molar-refractivity contribution in [3.8, 4) is 0 Å². The molecule has 0 spiro atoms. The highest BCUT2D eigenvalue weighted by molar-refractivity contribution is 6.40. The summed E-state index contributed by atoms with van der Waals surface area (Å²) in [5.41, 5.74) is 2.57.